The Labute approximate surface area is 151 Å². The van der Waals surface area contributed by atoms with Gasteiger partial charge in [0, 0.05) is 78.5 Å². The van der Waals surface area contributed by atoms with Crippen LogP contribution in [0, 0.1) is 5.92 Å². The lowest BCUT2D eigenvalue weighted by Gasteiger charge is -2.47. The Morgan fingerprint density at radius 3 is 2.55 bits per heavy atom. The molecular formula is C15H30IN5O. The van der Waals surface area contributed by atoms with E-state index in [1.807, 2.05) is 7.05 Å². The Balaban J connectivity index is 0.00000176. The summed E-state index contributed by atoms with van der Waals surface area (Å²) in [7, 11) is 3.68. The summed E-state index contributed by atoms with van der Waals surface area (Å²) in [5.41, 5.74) is 0. The van der Waals surface area contributed by atoms with Crippen LogP contribution in [-0.4, -0.2) is 99.8 Å². The maximum absolute atomic E-state index is 5.28. The summed E-state index contributed by atoms with van der Waals surface area (Å²) < 4.78 is 5.28. The van der Waals surface area contributed by atoms with E-state index < -0.39 is 0 Å². The number of hydrogen-bond donors (Lipinski definition) is 1. The molecule has 2 unspecified atom stereocenters. The van der Waals surface area contributed by atoms with Gasteiger partial charge < -0.3 is 15.0 Å². The molecule has 0 radical (unpaired) electrons. The Morgan fingerprint density at radius 2 is 1.95 bits per heavy atom. The number of methoxy groups -OCH3 is 1. The van der Waals surface area contributed by atoms with Gasteiger partial charge in [-0.05, 0) is 6.42 Å². The van der Waals surface area contributed by atoms with Gasteiger partial charge in [0.15, 0.2) is 5.96 Å². The van der Waals surface area contributed by atoms with Gasteiger partial charge in [0.05, 0.1) is 6.61 Å². The highest BCUT2D eigenvalue weighted by atomic mass is 127. The normalized spacial score (nSPS) is 34.6. The monoisotopic (exact) mass is 423 g/mol. The van der Waals surface area contributed by atoms with Crippen molar-refractivity contribution in [2.75, 3.05) is 73.1 Å². The Hall–Kier alpha value is -0.120. The Morgan fingerprint density at radius 1 is 1.18 bits per heavy atom. The maximum Gasteiger partial charge on any atom is 0.193 e. The van der Waals surface area contributed by atoms with Crippen molar-refractivity contribution in [2.24, 2.45) is 10.9 Å². The van der Waals surface area contributed by atoms with Crippen molar-refractivity contribution >= 4 is 29.9 Å². The van der Waals surface area contributed by atoms with Crippen molar-refractivity contribution in [3.63, 3.8) is 0 Å². The first-order chi connectivity index (χ1) is 10.3. The van der Waals surface area contributed by atoms with Crippen molar-refractivity contribution in [1.82, 2.24) is 20.0 Å². The van der Waals surface area contributed by atoms with Crippen molar-refractivity contribution in [1.29, 1.82) is 0 Å². The van der Waals surface area contributed by atoms with Gasteiger partial charge in [0.1, 0.15) is 0 Å². The summed E-state index contributed by atoms with van der Waals surface area (Å²) in [4.78, 5) is 12.1. The number of nitrogens with one attached hydrogen (secondary N) is 1. The molecule has 0 amide bonds. The highest BCUT2D eigenvalue weighted by molar-refractivity contribution is 14.0. The molecule has 128 valence electrons. The van der Waals surface area contributed by atoms with E-state index in [2.05, 4.69) is 25.0 Å². The lowest BCUT2D eigenvalue weighted by Crippen LogP contribution is -2.63. The van der Waals surface area contributed by atoms with Gasteiger partial charge in [0.2, 0.25) is 0 Å². The highest BCUT2D eigenvalue weighted by Gasteiger charge is 2.32. The number of hydrogen-bond acceptors (Lipinski definition) is 4. The summed E-state index contributed by atoms with van der Waals surface area (Å²) >= 11 is 0. The molecule has 4 heterocycles. The van der Waals surface area contributed by atoms with Crippen molar-refractivity contribution < 1.29 is 4.74 Å². The van der Waals surface area contributed by atoms with Gasteiger partial charge in [-0.3, -0.25) is 14.8 Å². The molecular weight excluding hydrogens is 393 g/mol. The summed E-state index contributed by atoms with van der Waals surface area (Å²) in [5.74, 6) is 1.71. The molecule has 7 heteroatoms. The van der Waals surface area contributed by atoms with Crippen LogP contribution in [0.1, 0.15) is 6.42 Å². The second-order valence-corrected chi connectivity index (χ2v) is 6.47. The number of fused-ring (bicyclic) bond motifs is 3. The van der Waals surface area contributed by atoms with Crippen LogP contribution in [-0.2, 0) is 4.74 Å². The standard InChI is InChI=1S/C15H29N5O.HI/c1-16-15(20-4-3-13(10-20)12-21-2)17-9-14-11-18-5-7-19(14)8-6-18;/h13-14H,3-12H2,1-2H3,(H,16,17);1H. The second kappa shape index (κ2) is 8.65. The number of aliphatic imine (C=N–C) groups is 1. The van der Waals surface area contributed by atoms with Crippen LogP contribution in [0.3, 0.4) is 0 Å². The van der Waals surface area contributed by atoms with Crippen LogP contribution in [0.15, 0.2) is 4.99 Å². The van der Waals surface area contributed by atoms with Gasteiger partial charge >= 0.3 is 0 Å². The second-order valence-electron chi connectivity index (χ2n) is 6.47. The minimum atomic E-state index is 0. The van der Waals surface area contributed by atoms with Crippen LogP contribution < -0.4 is 5.32 Å². The molecule has 2 bridgehead atoms. The lowest BCUT2D eigenvalue weighted by molar-refractivity contribution is 0.0152. The molecule has 0 saturated carbocycles. The average Bonchev–Trinajstić information content (AvgIpc) is 2.98. The predicted octanol–water partition coefficient (Wildman–Crippen LogP) is 0.148. The fraction of sp³-hybridized carbons (Fsp3) is 0.933. The third kappa shape index (κ3) is 4.24. The summed E-state index contributed by atoms with van der Waals surface area (Å²) in [6.07, 6.45) is 1.21. The van der Waals surface area contributed by atoms with Crippen molar-refractivity contribution in [3.05, 3.63) is 0 Å². The summed E-state index contributed by atoms with van der Waals surface area (Å²) in [6, 6.07) is 0.640. The predicted molar refractivity (Wildman–Crippen MR) is 100 cm³/mol. The van der Waals surface area contributed by atoms with Gasteiger partial charge in [-0.25, -0.2) is 0 Å². The van der Waals surface area contributed by atoms with E-state index >= 15 is 0 Å². The van der Waals surface area contributed by atoms with E-state index in [9.17, 15) is 0 Å². The first kappa shape index (κ1) is 18.2. The van der Waals surface area contributed by atoms with Gasteiger partial charge in [-0.2, -0.15) is 0 Å². The Bertz CT molecular complexity index is 373. The summed E-state index contributed by atoms with van der Waals surface area (Å²) in [5, 5.41) is 3.60. The quantitative estimate of drug-likeness (QED) is 0.396. The van der Waals surface area contributed by atoms with Gasteiger partial charge in [0.25, 0.3) is 0 Å². The molecule has 4 aliphatic rings. The molecule has 4 aliphatic heterocycles. The number of likely N-dealkylation sites (tertiary alicyclic amines) is 1. The number of nitrogens with zero attached hydrogens (tertiary/aromatic N) is 4. The first-order valence-corrected chi connectivity index (χ1v) is 8.21. The van der Waals surface area contributed by atoms with E-state index in [1.165, 1.54) is 39.1 Å². The molecule has 4 saturated heterocycles. The molecule has 0 aliphatic carbocycles. The summed E-state index contributed by atoms with van der Waals surface area (Å²) in [6.45, 7) is 10.2. The van der Waals surface area contributed by atoms with E-state index in [-0.39, 0.29) is 24.0 Å². The number of rotatable bonds is 4. The van der Waals surface area contributed by atoms with Gasteiger partial charge in [-0.15, -0.1) is 24.0 Å². The molecule has 4 rings (SSSR count). The zero-order valence-electron chi connectivity index (χ0n) is 13.8. The van der Waals surface area contributed by atoms with E-state index in [0.29, 0.717) is 12.0 Å². The molecule has 1 N–H and O–H groups in total. The molecule has 6 nitrogen and oxygen atoms in total. The molecule has 0 spiro atoms. The van der Waals surface area contributed by atoms with Gasteiger partial charge in [-0.1, -0.05) is 0 Å². The smallest absolute Gasteiger partial charge is 0.193 e. The minimum Gasteiger partial charge on any atom is -0.384 e. The lowest BCUT2D eigenvalue weighted by atomic mass is 10.1. The first-order valence-electron chi connectivity index (χ1n) is 8.21. The van der Waals surface area contributed by atoms with Crippen LogP contribution in [0.4, 0.5) is 0 Å². The fourth-order valence-corrected chi connectivity index (χ4v) is 3.86. The SMILES string of the molecule is CN=C(NCC1CN2CCN1CC2)N1CCC(COC)C1.I. The average molecular weight is 423 g/mol. The third-order valence-corrected chi connectivity index (χ3v) is 5.09. The number of piperazine rings is 3. The molecule has 4 fully saturated rings. The third-order valence-electron chi connectivity index (χ3n) is 5.09. The van der Waals surface area contributed by atoms with Crippen molar-refractivity contribution in [2.45, 2.75) is 12.5 Å². The zero-order valence-corrected chi connectivity index (χ0v) is 16.2. The van der Waals surface area contributed by atoms with Crippen LogP contribution in [0.2, 0.25) is 0 Å². The molecule has 22 heavy (non-hydrogen) atoms. The maximum atomic E-state index is 5.28. The number of guanidine groups is 1. The zero-order chi connectivity index (χ0) is 14.7. The van der Waals surface area contributed by atoms with E-state index in [4.69, 9.17) is 4.74 Å². The van der Waals surface area contributed by atoms with Crippen LogP contribution in [0.5, 0.6) is 0 Å². The number of ether oxygens (including phenoxy) is 1. The molecule has 0 aromatic rings. The Kier molecular flexibility index (Phi) is 7.17. The van der Waals surface area contributed by atoms with Crippen LogP contribution in [0.25, 0.3) is 0 Å². The van der Waals surface area contributed by atoms with E-state index in [0.717, 1.165) is 32.2 Å². The molecule has 0 aromatic heterocycles. The largest absolute Gasteiger partial charge is 0.384 e. The highest BCUT2D eigenvalue weighted by Crippen LogP contribution is 2.17. The molecule has 0 aromatic carbocycles. The molecule has 2 atom stereocenters. The fourth-order valence-electron chi connectivity index (χ4n) is 3.86. The van der Waals surface area contributed by atoms with Crippen molar-refractivity contribution in [3.8, 4) is 0 Å². The van der Waals surface area contributed by atoms with E-state index in [1.54, 1.807) is 7.11 Å². The van der Waals surface area contributed by atoms with Crippen LogP contribution >= 0.6 is 24.0 Å². The minimum absolute atomic E-state index is 0. The topological polar surface area (TPSA) is 43.3 Å². The number of halogens is 1.